The van der Waals surface area contributed by atoms with Crippen molar-refractivity contribution < 1.29 is 37.6 Å². The van der Waals surface area contributed by atoms with Crippen LogP contribution in [0.4, 0.5) is 0 Å². The van der Waals surface area contributed by atoms with E-state index in [0.29, 0.717) is 6.42 Å². The van der Waals surface area contributed by atoms with E-state index in [0.717, 1.165) is 70.6 Å². The first-order chi connectivity index (χ1) is 40.8. The maximum Gasteiger partial charge on any atom is 0.472 e. The highest BCUT2D eigenvalue weighted by Gasteiger charge is 2.26. The Bertz CT molecular complexity index is 1450. The number of hydrogen-bond acceptors (Lipinski definition) is 8. The van der Waals surface area contributed by atoms with Gasteiger partial charge in [-0.15, -0.1) is 0 Å². The molecule has 490 valence electrons. The minimum absolute atomic E-state index is 0.0520. The fourth-order valence-corrected chi connectivity index (χ4v) is 11.9. The van der Waals surface area contributed by atoms with Gasteiger partial charge in [-0.3, -0.25) is 18.6 Å². The van der Waals surface area contributed by atoms with Gasteiger partial charge in [-0.2, -0.15) is 0 Å². The first-order valence-electron chi connectivity index (χ1n) is 36.5. The van der Waals surface area contributed by atoms with Crippen LogP contribution in [-0.2, 0) is 32.7 Å². The molecule has 0 aliphatic heterocycles. The maximum absolute atomic E-state index is 12.7. The lowest BCUT2D eigenvalue weighted by Gasteiger charge is -2.19. The lowest BCUT2D eigenvalue weighted by molar-refractivity contribution is -0.161. The molecule has 3 N–H and O–H groups in total. The summed E-state index contributed by atoms with van der Waals surface area (Å²) in [4.78, 5) is 35.3. The summed E-state index contributed by atoms with van der Waals surface area (Å²) >= 11 is 0. The number of phosphoric acid groups is 1. The van der Waals surface area contributed by atoms with E-state index in [4.69, 9.17) is 24.3 Å². The molecule has 0 aromatic carbocycles. The largest absolute Gasteiger partial charge is 0.472 e. The molecule has 0 aromatic heterocycles. The van der Waals surface area contributed by atoms with Gasteiger partial charge >= 0.3 is 19.8 Å². The Morgan fingerprint density at radius 3 is 0.928 bits per heavy atom. The van der Waals surface area contributed by atoms with Crippen molar-refractivity contribution in [2.24, 2.45) is 5.73 Å². The van der Waals surface area contributed by atoms with Gasteiger partial charge in [0.1, 0.15) is 6.61 Å². The molecule has 0 saturated carbocycles. The van der Waals surface area contributed by atoms with Crippen molar-refractivity contribution in [1.82, 2.24) is 0 Å². The molecule has 2 atom stereocenters. The summed E-state index contributed by atoms with van der Waals surface area (Å²) in [5.41, 5.74) is 5.40. The maximum atomic E-state index is 12.7. The second-order valence-electron chi connectivity index (χ2n) is 24.8. The van der Waals surface area contributed by atoms with Gasteiger partial charge in [-0.1, -0.05) is 359 Å². The van der Waals surface area contributed by atoms with Crippen LogP contribution in [0.25, 0.3) is 0 Å². The number of nitrogens with two attached hydrogens (primary N) is 1. The Balaban J connectivity index is 3.73. The monoisotopic (exact) mass is 1190 g/mol. The molecule has 10 heteroatoms. The van der Waals surface area contributed by atoms with E-state index in [9.17, 15) is 19.0 Å². The highest BCUT2D eigenvalue weighted by molar-refractivity contribution is 7.47. The van der Waals surface area contributed by atoms with Gasteiger partial charge in [0, 0.05) is 19.4 Å². The molecule has 0 aliphatic carbocycles. The highest BCUT2D eigenvalue weighted by Crippen LogP contribution is 2.43. The molecule has 0 amide bonds. The van der Waals surface area contributed by atoms with Crippen LogP contribution in [-0.4, -0.2) is 49.3 Å². The molecule has 9 nitrogen and oxygen atoms in total. The molecule has 0 heterocycles. The van der Waals surface area contributed by atoms with Crippen molar-refractivity contribution in [1.29, 1.82) is 0 Å². The summed E-state index contributed by atoms with van der Waals surface area (Å²) in [6, 6.07) is 0. The lowest BCUT2D eigenvalue weighted by atomic mass is 10.0. The summed E-state index contributed by atoms with van der Waals surface area (Å²) in [6.07, 6.45) is 87.1. The molecule has 0 fully saturated rings. The number of carbonyl (C=O) groups is 2. The van der Waals surface area contributed by atoms with Crippen molar-refractivity contribution in [3.63, 3.8) is 0 Å². The number of unbranched alkanes of at least 4 members (excludes halogenated alkanes) is 51. The van der Waals surface area contributed by atoms with Crippen LogP contribution in [0.1, 0.15) is 386 Å². The van der Waals surface area contributed by atoms with Gasteiger partial charge in [-0.25, -0.2) is 4.57 Å². The van der Waals surface area contributed by atoms with E-state index in [2.05, 4.69) is 50.3 Å². The minimum atomic E-state index is -4.39. The molecule has 0 radical (unpaired) electrons. The fraction of sp³-hybridized carbons (Fsp3) is 0.890. The average molecular weight is 1190 g/mol. The van der Waals surface area contributed by atoms with E-state index >= 15 is 0 Å². The number of hydrogen-bond donors (Lipinski definition) is 2. The number of allylic oxidation sites excluding steroid dienone is 6. The summed E-state index contributed by atoms with van der Waals surface area (Å²) in [7, 11) is -4.39. The first-order valence-corrected chi connectivity index (χ1v) is 38.0. The zero-order valence-electron chi connectivity index (χ0n) is 55.2. The third-order valence-corrected chi connectivity index (χ3v) is 17.5. The topological polar surface area (TPSA) is 134 Å². The SMILES string of the molecule is CCCCCCC/C=C\C/C=C\C/C=C\CCCCCCCCC(=O)OC(COC(=O)CCCCCCCCCCCCCCCCCCCCCCCCCCCCCCCCCCCCCCCCCCC)COP(=O)(O)OCCN. The predicted octanol–water partition coefficient (Wildman–Crippen LogP) is 23.9. The summed E-state index contributed by atoms with van der Waals surface area (Å²) < 4.78 is 33.1. The Kier molecular flexibility index (Phi) is 67.9. The second-order valence-corrected chi connectivity index (χ2v) is 26.3. The predicted molar refractivity (Wildman–Crippen MR) is 358 cm³/mol. The Morgan fingerprint density at radius 1 is 0.361 bits per heavy atom. The van der Waals surface area contributed by atoms with Gasteiger partial charge in [0.2, 0.25) is 0 Å². The number of rotatable bonds is 70. The van der Waals surface area contributed by atoms with E-state index in [1.165, 1.54) is 283 Å². The third kappa shape index (κ3) is 69.2. The Labute approximate surface area is 515 Å². The van der Waals surface area contributed by atoms with Gasteiger partial charge in [-0.05, 0) is 51.4 Å². The van der Waals surface area contributed by atoms with Crippen molar-refractivity contribution in [2.75, 3.05) is 26.4 Å². The Morgan fingerprint density at radius 2 is 0.627 bits per heavy atom. The highest BCUT2D eigenvalue weighted by atomic mass is 31.2. The van der Waals surface area contributed by atoms with Crippen LogP contribution in [0, 0.1) is 0 Å². The van der Waals surface area contributed by atoms with Crippen LogP contribution in [0.2, 0.25) is 0 Å². The van der Waals surface area contributed by atoms with Crippen LogP contribution in [0.5, 0.6) is 0 Å². The number of esters is 2. The standard InChI is InChI=1S/C73H140NO8P/c1-3-5-7-9-11-13-15-17-19-21-23-25-26-27-28-29-30-31-32-33-34-35-36-37-38-39-40-41-42-43-44-46-47-49-51-53-55-57-59-61-63-65-72(75)79-69-71(70-81-83(77,78)80-68-67-74)82-73(76)66-64-62-60-58-56-54-52-50-48-45-24-22-20-18-16-14-12-10-8-6-4-2/h16,18,22,24,48,50,71H,3-15,17,19-21,23,25-47,49,51-70,74H2,1-2H3,(H,77,78)/b18-16-,24-22-,50-48-. The molecular formula is C73H140NO8P. The lowest BCUT2D eigenvalue weighted by Crippen LogP contribution is -2.29. The van der Waals surface area contributed by atoms with E-state index in [1.54, 1.807) is 0 Å². The van der Waals surface area contributed by atoms with Crippen LogP contribution >= 0.6 is 7.82 Å². The van der Waals surface area contributed by atoms with Gasteiger partial charge in [0.05, 0.1) is 13.2 Å². The normalized spacial score (nSPS) is 13.1. The van der Waals surface area contributed by atoms with Crippen molar-refractivity contribution >= 4 is 19.8 Å². The van der Waals surface area contributed by atoms with Gasteiger partial charge in [0.15, 0.2) is 6.10 Å². The quantitative estimate of drug-likeness (QED) is 0.0264. The number of carbonyl (C=O) groups excluding carboxylic acids is 2. The van der Waals surface area contributed by atoms with Crippen molar-refractivity contribution in [2.45, 2.75) is 392 Å². The molecule has 0 bridgehead atoms. The molecule has 0 aliphatic rings. The molecule has 0 aromatic rings. The molecule has 2 unspecified atom stereocenters. The molecular weight excluding hydrogens is 1050 g/mol. The minimum Gasteiger partial charge on any atom is -0.462 e. The summed E-state index contributed by atoms with van der Waals surface area (Å²) in [5.74, 6) is -0.825. The second kappa shape index (κ2) is 69.3. The average Bonchev–Trinajstić information content (AvgIpc) is 3.49. The molecule has 0 rings (SSSR count). The number of ether oxygens (including phenoxy) is 2. The summed E-state index contributed by atoms with van der Waals surface area (Å²) in [5, 5.41) is 0. The summed E-state index contributed by atoms with van der Waals surface area (Å²) in [6.45, 7) is 3.78. The zero-order chi connectivity index (χ0) is 60.1. The van der Waals surface area contributed by atoms with E-state index in [-0.39, 0.29) is 38.6 Å². The fourth-order valence-electron chi connectivity index (χ4n) is 11.1. The third-order valence-electron chi connectivity index (χ3n) is 16.5. The molecule has 0 spiro atoms. The van der Waals surface area contributed by atoms with Crippen molar-refractivity contribution in [3.8, 4) is 0 Å². The Hall–Kier alpha value is -1.77. The van der Waals surface area contributed by atoms with Gasteiger partial charge < -0.3 is 20.1 Å². The van der Waals surface area contributed by atoms with Crippen molar-refractivity contribution in [3.05, 3.63) is 36.5 Å². The van der Waals surface area contributed by atoms with E-state index in [1.807, 2.05) is 0 Å². The van der Waals surface area contributed by atoms with Crippen LogP contribution < -0.4 is 5.73 Å². The van der Waals surface area contributed by atoms with Crippen LogP contribution in [0.3, 0.4) is 0 Å². The van der Waals surface area contributed by atoms with Crippen LogP contribution in [0.15, 0.2) is 36.5 Å². The van der Waals surface area contributed by atoms with Gasteiger partial charge in [0.25, 0.3) is 0 Å². The number of phosphoric ester groups is 1. The molecule has 83 heavy (non-hydrogen) atoms. The first kappa shape index (κ1) is 81.2. The van der Waals surface area contributed by atoms with E-state index < -0.39 is 26.5 Å². The zero-order valence-corrected chi connectivity index (χ0v) is 56.1. The smallest absolute Gasteiger partial charge is 0.462 e. The molecule has 0 saturated heterocycles.